The number of furan rings is 1. The lowest BCUT2D eigenvalue weighted by Gasteiger charge is -2.27. The summed E-state index contributed by atoms with van der Waals surface area (Å²) in [5.74, 6) is 0.500. The molecule has 5 aromatic rings. The predicted molar refractivity (Wildman–Crippen MR) is 165 cm³/mol. The smallest absolute Gasteiger partial charge is 0.379 e. The summed E-state index contributed by atoms with van der Waals surface area (Å²) in [6, 6.07) is 27.5. The zero-order valence-electron chi connectivity index (χ0n) is 23.9. The highest BCUT2D eigenvalue weighted by Crippen LogP contribution is 2.45. The first-order valence-corrected chi connectivity index (χ1v) is 14.3. The summed E-state index contributed by atoms with van der Waals surface area (Å²) in [5.41, 5.74) is 10.0. The molecule has 0 fully saturated rings. The summed E-state index contributed by atoms with van der Waals surface area (Å²) in [4.78, 5) is 13.0. The van der Waals surface area contributed by atoms with Crippen molar-refractivity contribution >= 4 is 28.5 Å². The lowest BCUT2D eigenvalue weighted by atomic mass is 9.83. The number of nitriles is 1. The molecule has 2 N–H and O–H groups in total. The number of allylic oxidation sites excluding steroid dienone is 1. The van der Waals surface area contributed by atoms with Crippen LogP contribution in [0.15, 0.2) is 101 Å². The van der Waals surface area contributed by atoms with Crippen molar-refractivity contribution in [3.63, 3.8) is 0 Å². The molecule has 1 unspecified atom stereocenters. The first-order valence-electron chi connectivity index (χ1n) is 13.9. The lowest BCUT2D eigenvalue weighted by molar-refractivity contribution is 0.0702. The van der Waals surface area contributed by atoms with E-state index in [4.69, 9.17) is 40.7 Å². The van der Waals surface area contributed by atoms with Crippen molar-refractivity contribution in [1.82, 2.24) is 0 Å². The Morgan fingerprint density at radius 2 is 1.80 bits per heavy atom. The molecule has 8 nitrogen and oxygen atoms in total. The maximum Gasteiger partial charge on any atom is 0.379 e. The van der Waals surface area contributed by atoms with Gasteiger partial charge in [0.1, 0.15) is 35.3 Å². The number of hydrogen-bond acceptors (Lipinski definition) is 8. The number of para-hydroxylation sites is 1. The Morgan fingerprint density at radius 3 is 2.57 bits per heavy atom. The molecule has 2 heterocycles. The number of esters is 1. The number of carbonyl (C=O) groups excluding carboxylic acids is 1. The van der Waals surface area contributed by atoms with E-state index in [1.165, 1.54) is 0 Å². The van der Waals surface area contributed by atoms with Crippen molar-refractivity contribution in [2.45, 2.75) is 26.4 Å². The SMILES string of the molecule is CCOc1cc(C2C(C#N)=C(N)Oc3cc(OC(=O)c4oc5ccccc5c4C)ccc32)ccc1OCc1ccccc1Cl. The summed E-state index contributed by atoms with van der Waals surface area (Å²) in [5, 5.41) is 11.5. The molecule has 220 valence electrons. The van der Waals surface area contributed by atoms with E-state index in [2.05, 4.69) is 6.07 Å². The van der Waals surface area contributed by atoms with Gasteiger partial charge in [0, 0.05) is 33.2 Å². The van der Waals surface area contributed by atoms with Crippen LogP contribution in [0.5, 0.6) is 23.0 Å². The Bertz CT molecular complexity index is 1970. The minimum Gasteiger partial charge on any atom is -0.490 e. The van der Waals surface area contributed by atoms with E-state index >= 15 is 0 Å². The molecule has 6 rings (SSSR count). The molecule has 1 atom stereocenters. The topological polar surface area (TPSA) is 117 Å². The van der Waals surface area contributed by atoms with Gasteiger partial charge in [0.15, 0.2) is 11.5 Å². The van der Waals surface area contributed by atoms with Crippen molar-refractivity contribution in [3.8, 4) is 29.1 Å². The number of hydrogen-bond donors (Lipinski definition) is 1. The number of aryl methyl sites for hydroxylation is 1. The highest BCUT2D eigenvalue weighted by atomic mass is 35.5. The van der Waals surface area contributed by atoms with Gasteiger partial charge in [-0.2, -0.15) is 5.26 Å². The van der Waals surface area contributed by atoms with Gasteiger partial charge >= 0.3 is 5.97 Å². The molecule has 4 aromatic carbocycles. The van der Waals surface area contributed by atoms with E-state index in [1.807, 2.05) is 68.4 Å². The highest BCUT2D eigenvalue weighted by molar-refractivity contribution is 6.31. The number of halogens is 1. The van der Waals surface area contributed by atoms with Crippen LogP contribution in [-0.4, -0.2) is 12.6 Å². The Kier molecular flexibility index (Phi) is 7.88. The number of ether oxygens (including phenoxy) is 4. The second-order valence-electron chi connectivity index (χ2n) is 10.1. The maximum atomic E-state index is 13.0. The summed E-state index contributed by atoms with van der Waals surface area (Å²) >= 11 is 6.30. The molecular formula is C35H27ClN2O6. The Balaban J connectivity index is 1.30. The van der Waals surface area contributed by atoms with Crippen molar-refractivity contribution < 1.29 is 28.2 Å². The predicted octanol–water partition coefficient (Wildman–Crippen LogP) is 7.81. The van der Waals surface area contributed by atoms with Crippen molar-refractivity contribution in [2.75, 3.05) is 6.61 Å². The molecule has 0 spiro atoms. The summed E-state index contributed by atoms with van der Waals surface area (Å²) in [7, 11) is 0. The lowest BCUT2D eigenvalue weighted by Crippen LogP contribution is -2.21. The fourth-order valence-electron chi connectivity index (χ4n) is 5.23. The number of nitrogens with two attached hydrogens (primary N) is 1. The monoisotopic (exact) mass is 606 g/mol. The number of rotatable bonds is 8. The molecular weight excluding hydrogens is 580 g/mol. The molecule has 0 saturated carbocycles. The minimum absolute atomic E-state index is 0.0430. The number of carbonyl (C=O) groups is 1. The zero-order chi connectivity index (χ0) is 30.8. The summed E-state index contributed by atoms with van der Waals surface area (Å²) in [6.07, 6.45) is 0. The van der Waals surface area contributed by atoms with Gasteiger partial charge in [-0.05, 0) is 49.7 Å². The normalized spacial score (nSPS) is 14.0. The van der Waals surface area contributed by atoms with Gasteiger partial charge in [0.05, 0.1) is 12.5 Å². The van der Waals surface area contributed by atoms with Crippen LogP contribution in [0.1, 0.15) is 45.7 Å². The van der Waals surface area contributed by atoms with E-state index in [9.17, 15) is 10.1 Å². The zero-order valence-corrected chi connectivity index (χ0v) is 24.7. The first-order chi connectivity index (χ1) is 21.4. The quantitative estimate of drug-likeness (QED) is 0.140. The Hall–Kier alpha value is -5.39. The fourth-order valence-corrected chi connectivity index (χ4v) is 5.42. The van der Waals surface area contributed by atoms with Gasteiger partial charge in [0.2, 0.25) is 11.6 Å². The minimum atomic E-state index is -0.638. The van der Waals surface area contributed by atoms with Crippen molar-refractivity contribution in [2.24, 2.45) is 5.73 Å². The average Bonchev–Trinajstić information content (AvgIpc) is 3.37. The Labute approximate surface area is 258 Å². The molecule has 44 heavy (non-hydrogen) atoms. The van der Waals surface area contributed by atoms with Crippen molar-refractivity contribution in [1.29, 1.82) is 5.26 Å². The molecule has 1 aliphatic rings. The third kappa shape index (κ3) is 5.41. The molecule has 1 aliphatic heterocycles. The number of benzene rings is 4. The highest BCUT2D eigenvalue weighted by Gasteiger charge is 2.32. The van der Waals surface area contributed by atoms with Crippen molar-refractivity contribution in [3.05, 3.63) is 129 Å². The molecule has 0 amide bonds. The van der Waals surface area contributed by atoms with E-state index in [1.54, 1.807) is 30.3 Å². The number of nitrogens with zero attached hydrogens (tertiary/aromatic N) is 1. The van der Waals surface area contributed by atoms with Gasteiger partial charge in [-0.3, -0.25) is 0 Å². The first kappa shape index (κ1) is 28.7. The van der Waals surface area contributed by atoms with Gasteiger partial charge in [-0.15, -0.1) is 0 Å². The summed E-state index contributed by atoms with van der Waals surface area (Å²) in [6.45, 7) is 4.34. The molecule has 0 aliphatic carbocycles. The van der Waals surface area contributed by atoms with Crippen LogP contribution in [-0.2, 0) is 6.61 Å². The Morgan fingerprint density at radius 1 is 1.00 bits per heavy atom. The van der Waals surface area contributed by atoms with Gasteiger partial charge in [-0.1, -0.05) is 60.1 Å². The van der Waals surface area contributed by atoms with Gasteiger partial charge in [-0.25, -0.2) is 4.79 Å². The second-order valence-corrected chi connectivity index (χ2v) is 10.5. The number of fused-ring (bicyclic) bond motifs is 2. The average molecular weight is 607 g/mol. The fraction of sp³-hybridized carbons (Fsp3) is 0.143. The van der Waals surface area contributed by atoms with Crippen LogP contribution in [0.4, 0.5) is 0 Å². The van der Waals surface area contributed by atoms with Crippen LogP contribution in [0.2, 0.25) is 5.02 Å². The van der Waals surface area contributed by atoms with E-state index in [-0.39, 0.29) is 29.6 Å². The van der Waals surface area contributed by atoms with Gasteiger partial charge < -0.3 is 29.1 Å². The molecule has 9 heteroatoms. The van der Waals surface area contributed by atoms with Crippen LogP contribution in [0.25, 0.3) is 11.0 Å². The molecule has 0 saturated heterocycles. The second kappa shape index (κ2) is 12.1. The standard InChI is InChI=1S/C35H27ClN2O6/c1-3-40-31-16-21(12-15-29(31)41-19-22-8-4-6-10-27(22)36)32-25-14-13-23(17-30(25)44-34(38)26(32)18-37)42-35(39)33-20(2)24-9-5-7-11-28(24)43-33/h4-17,32H,3,19,38H2,1-2H3. The van der Waals surface area contributed by atoms with Crippen LogP contribution < -0.4 is 24.7 Å². The van der Waals surface area contributed by atoms with E-state index in [0.29, 0.717) is 45.6 Å². The molecule has 0 bridgehead atoms. The van der Waals surface area contributed by atoms with E-state index < -0.39 is 11.9 Å². The van der Waals surface area contributed by atoms with Crippen LogP contribution >= 0.6 is 11.6 Å². The third-order valence-corrected chi connectivity index (χ3v) is 7.74. The van der Waals surface area contributed by atoms with E-state index in [0.717, 1.165) is 16.5 Å². The largest absolute Gasteiger partial charge is 0.490 e. The summed E-state index contributed by atoms with van der Waals surface area (Å²) < 4.78 is 29.2. The molecule has 0 radical (unpaired) electrons. The van der Waals surface area contributed by atoms with Gasteiger partial charge in [0.25, 0.3) is 0 Å². The maximum absolute atomic E-state index is 13.0. The third-order valence-electron chi connectivity index (χ3n) is 7.37. The molecule has 1 aromatic heterocycles. The van der Waals surface area contributed by atoms with Crippen LogP contribution in [0, 0.1) is 18.3 Å². The van der Waals surface area contributed by atoms with Crippen LogP contribution in [0.3, 0.4) is 0 Å².